The summed E-state index contributed by atoms with van der Waals surface area (Å²) in [6.45, 7) is 5.32. The van der Waals surface area contributed by atoms with Crippen LogP contribution >= 0.6 is 12.4 Å². The molecular formula is C21H25ClN4O2. The number of carbonyl (C=O) groups is 1. The van der Waals surface area contributed by atoms with Crippen LogP contribution < -0.4 is 11.1 Å². The second kappa shape index (κ2) is 12.3. The van der Waals surface area contributed by atoms with Crippen molar-refractivity contribution in [2.75, 3.05) is 0 Å². The molecular weight excluding hydrogens is 376 g/mol. The fourth-order valence-electron chi connectivity index (χ4n) is 2.00. The predicted molar refractivity (Wildman–Crippen MR) is 110 cm³/mol. The minimum absolute atomic E-state index is 0. The lowest BCUT2D eigenvalue weighted by molar-refractivity contribution is 0.0515. The minimum atomic E-state index is -0.689. The smallest absolute Gasteiger partial charge is 0.408 e. The van der Waals surface area contributed by atoms with E-state index in [1.165, 1.54) is 0 Å². The molecule has 6 nitrogen and oxygen atoms in total. The van der Waals surface area contributed by atoms with Crippen LogP contribution in [0.5, 0.6) is 0 Å². The number of nitrogens with zero attached hydrogens (tertiary/aromatic N) is 2. The van der Waals surface area contributed by atoms with Crippen LogP contribution in [-0.2, 0) is 4.74 Å². The first kappa shape index (κ1) is 24.9. The third-order valence-electron chi connectivity index (χ3n) is 3.22. The van der Waals surface area contributed by atoms with E-state index in [1.54, 1.807) is 32.9 Å². The number of nitriles is 2. The lowest BCUT2D eigenvalue weighted by Gasteiger charge is -2.21. The Morgan fingerprint density at radius 1 is 0.964 bits per heavy atom. The van der Waals surface area contributed by atoms with Crippen LogP contribution in [0.4, 0.5) is 4.79 Å². The number of ether oxygens (including phenoxy) is 1. The molecule has 0 spiro atoms. The van der Waals surface area contributed by atoms with Crippen molar-refractivity contribution in [1.29, 1.82) is 10.5 Å². The summed E-state index contributed by atoms with van der Waals surface area (Å²) in [6.07, 6.45) is -0.590. The van der Waals surface area contributed by atoms with Crippen LogP contribution in [0.2, 0.25) is 0 Å². The number of hydrogen-bond donors (Lipinski definition) is 2. The monoisotopic (exact) mass is 400 g/mol. The van der Waals surface area contributed by atoms with Gasteiger partial charge in [-0.3, -0.25) is 0 Å². The van der Waals surface area contributed by atoms with Crippen LogP contribution in [-0.4, -0.2) is 11.7 Å². The molecule has 148 valence electrons. The number of halogens is 1. The number of amides is 1. The lowest BCUT2D eigenvalue weighted by atomic mass is 10.1. The van der Waals surface area contributed by atoms with Crippen LogP contribution in [0, 0.1) is 22.7 Å². The maximum Gasteiger partial charge on any atom is 0.408 e. The van der Waals surface area contributed by atoms with Gasteiger partial charge < -0.3 is 15.8 Å². The highest BCUT2D eigenvalue weighted by molar-refractivity contribution is 5.85. The molecule has 0 aliphatic carbocycles. The second-order valence-corrected chi connectivity index (χ2v) is 6.64. The molecule has 3 N–H and O–H groups in total. The number of nitrogens with two attached hydrogens (primary N) is 1. The van der Waals surface area contributed by atoms with Crippen molar-refractivity contribution in [3.8, 4) is 12.1 Å². The molecule has 28 heavy (non-hydrogen) atoms. The molecule has 0 aliphatic rings. The van der Waals surface area contributed by atoms with Crippen molar-refractivity contribution in [2.45, 2.75) is 38.5 Å². The number of rotatable bonds is 3. The summed E-state index contributed by atoms with van der Waals surface area (Å²) >= 11 is 0. The van der Waals surface area contributed by atoms with Crippen molar-refractivity contribution < 1.29 is 9.53 Å². The lowest BCUT2D eigenvalue weighted by Crippen LogP contribution is -2.34. The van der Waals surface area contributed by atoms with Gasteiger partial charge in [-0.15, -0.1) is 12.4 Å². The standard InChI is InChI=1S/C13H16N2O2.C8H8N2.ClH/c1-13(2,3)17-12(16)15-11(9-14)10-7-5-4-6-8-10;9-6-8(10)7-4-2-1-3-5-7;/h4-8,11H,1-3H3,(H,15,16);1-5,8H,10H2;1H/t11-;8-;/m11./s1. The Bertz CT molecular complexity index is 793. The number of benzene rings is 2. The Labute approximate surface area is 172 Å². The summed E-state index contributed by atoms with van der Waals surface area (Å²) in [5, 5.41) is 19.9. The van der Waals surface area contributed by atoms with E-state index in [2.05, 4.69) is 5.32 Å². The Hall–Kier alpha value is -3.06. The number of nitrogens with one attached hydrogen (secondary N) is 1. The fourth-order valence-corrected chi connectivity index (χ4v) is 2.00. The zero-order valence-corrected chi connectivity index (χ0v) is 16.9. The third-order valence-corrected chi connectivity index (χ3v) is 3.22. The summed E-state index contributed by atoms with van der Waals surface area (Å²) < 4.78 is 5.09. The average molecular weight is 401 g/mol. The van der Waals surface area contributed by atoms with Gasteiger partial charge in [0.1, 0.15) is 17.7 Å². The summed E-state index contributed by atoms with van der Waals surface area (Å²) in [6, 6.07) is 21.2. The quantitative estimate of drug-likeness (QED) is 0.792. The Morgan fingerprint density at radius 2 is 1.43 bits per heavy atom. The maximum absolute atomic E-state index is 11.5. The van der Waals surface area contributed by atoms with E-state index in [9.17, 15) is 4.79 Å². The van der Waals surface area contributed by atoms with E-state index in [1.807, 2.05) is 60.7 Å². The van der Waals surface area contributed by atoms with E-state index >= 15 is 0 Å². The normalized spacial score (nSPS) is 11.8. The molecule has 2 aromatic carbocycles. The van der Waals surface area contributed by atoms with Gasteiger partial charge in [-0.25, -0.2) is 4.79 Å². The highest BCUT2D eigenvalue weighted by Crippen LogP contribution is 2.13. The molecule has 1 amide bonds. The minimum Gasteiger partial charge on any atom is -0.444 e. The molecule has 2 aromatic rings. The van der Waals surface area contributed by atoms with Gasteiger partial charge in [-0.2, -0.15) is 10.5 Å². The van der Waals surface area contributed by atoms with E-state index < -0.39 is 23.8 Å². The summed E-state index contributed by atoms with van der Waals surface area (Å²) in [4.78, 5) is 11.5. The zero-order chi connectivity index (χ0) is 20.3. The van der Waals surface area contributed by atoms with Gasteiger partial charge in [0.15, 0.2) is 0 Å². The Balaban J connectivity index is 0.000000567. The molecule has 0 heterocycles. The van der Waals surface area contributed by atoms with Gasteiger partial charge in [0.25, 0.3) is 0 Å². The molecule has 0 saturated heterocycles. The average Bonchev–Trinajstić information content (AvgIpc) is 2.66. The van der Waals surface area contributed by atoms with Gasteiger partial charge in [0.05, 0.1) is 12.1 Å². The first-order valence-electron chi connectivity index (χ1n) is 8.41. The van der Waals surface area contributed by atoms with Crippen molar-refractivity contribution in [1.82, 2.24) is 5.32 Å². The SMILES string of the molecule is CC(C)(C)OC(=O)N[C@H](C#N)c1ccccc1.Cl.N#C[C@@H](N)c1ccccc1. The van der Waals surface area contributed by atoms with Crippen molar-refractivity contribution in [2.24, 2.45) is 5.73 Å². The summed E-state index contributed by atoms with van der Waals surface area (Å²) in [5.74, 6) is 0. The van der Waals surface area contributed by atoms with E-state index in [0.29, 0.717) is 0 Å². The molecule has 0 radical (unpaired) electrons. The Kier molecular flexibility index (Phi) is 11.0. The van der Waals surface area contributed by atoms with Crippen LogP contribution in [0.15, 0.2) is 60.7 Å². The second-order valence-electron chi connectivity index (χ2n) is 6.64. The fraction of sp³-hybridized carbons (Fsp3) is 0.286. The van der Waals surface area contributed by atoms with Gasteiger partial charge >= 0.3 is 6.09 Å². The van der Waals surface area contributed by atoms with Gasteiger partial charge in [-0.1, -0.05) is 60.7 Å². The largest absolute Gasteiger partial charge is 0.444 e. The zero-order valence-electron chi connectivity index (χ0n) is 16.1. The third kappa shape index (κ3) is 9.59. The highest BCUT2D eigenvalue weighted by atomic mass is 35.5. The van der Waals surface area contributed by atoms with Crippen LogP contribution in [0.1, 0.15) is 44.0 Å². The molecule has 0 fully saturated rings. The molecule has 0 saturated carbocycles. The molecule has 2 atom stereocenters. The van der Waals surface area contributed by atoms with Crippen LogP contribution in [0.3, 0.4) is 0 Å². The molecule has 0 aromatic heterocycles. The topological polar surface area (TPSA) is 112 Å². The first-order chi connectivity index (χ1) is 12.8. The Morgan fingerprint density at radius 3 is 1.82 bits per heavy atom. The number of alkyl carbamates (subject to hydrolysis) is 1. The summed E-state index contributed by atoms with van der Waals surface area (Å²) in [5.41, 5.74) is 6.47. The van der Waals surface area contributed by atoms with Gasteiger partial charge in [0, 0.05) is 0 Å². The van der Waals surface area contributed by atoms with Crippen molar-refractivity contribution in [3.63, 3.8) is 0 Å². The maximum atomic E-state index is 11.5. The van der Waals surface area contributed by atoms with Gasteiger partial charge in [-0.05, 0) is 31.9 Å². The molecule has 0 unspecified atom stereocenters. The van der Waals surface area contributed by atoms with Crippen molar-refractivity contribution in [3.05, 3.63) is 71.8 Å². The molecule has 2 rings (SSSR count). The predicted octanol–water partition coefficient (Wildman–Crippen LogP) is 4.41. The molecule has 0 bridgehead atoms. The summed E-state index contributed by atoms with van der Waals surface area (Å²) in [7, 11) is 0. The van der Waals surface area contributed by atoms with Crippen LogP contribution in [0.25, 0.3) is 0 Å². The van der Waals surface area contributed by atoms with Crippen molar-refractivity contribution >= 4 is 18.5 Å². The first-order valence-corrected chi connectivity index (χ1v) is 8.41. The number of hydrogen-bond acceptors (Lipinski definition) is 5. The highest BCUT2D eigenvalue weighted by Gasteiger charge is 2.19. The molecule has 7 heteroatoms. The molecule has 0 aliphatic heterocycles. The number of carbonyl (C=O) groups excluding carboxylic acids is 1. The van der Waals surface area contributed by atoms with E-state index in [0.717, 1.165) is 11.1 Å². The van der Waals surface area contributed by atoms with E-state index in [4.69, 9.17) is 21.0 Å². The van der Waals surface area contributed by atoms with E-state index in [-0.39, 0.29) is 12.4 Å². The van der Waals surface area contributed by atoms with Gasteiger partial charge in [0.2, 0.25) is 0 Å².